The number of carbonyl (C=O) groups is 4. The second-order valence-electron chi connectivity index (χ2n) is 9.73. The molecule has 2 heterocycles. The molecule has 0 fully saturated rings. The van der Waals surface area contributed by atoms with Gasteiger partial charge in [0, 0.05) is 38.3 Å². The fourth-order valence-corrected chi connectivity index (χ4v) is 4.66. The Balaban J connectivity index is 1.69. The smallest absolute Gasteiger partial charge is 0.258 e. The number of carbonyl (C=O) groups excluding carboxylic acids is 4. The highest BCUT2D eigenvalue weighted by molar-refractivity contribution is 6.30. The molecule has 4 rings (SSSR count). The summed E-state index contributed by atoms with van der Waals surface area (Å²) in [6.07, 6.45) is 3.79. The van der Waals surface area contributed by atoms with Crippen LogP contribution in [0.15, 0.2) is 59.7 Å². The number of nitrogens with one attached hydrogen (secondary N) is 2. The number of hydrogen-bond donors (Lipinski definition) is 2. The first kappa shape index (κ1) is 26.9. The zero-order valence-electron chi connectivity index (χ0n) is 22.4. The van der Waals surface area contributed by atoms with Crippen molar-refractivity contribution in [2.45, 2.75) is 39.5 Å². The van der Waals surface area contributed by atoms with Crippen molar-refractivity contribution in [3.8, 4) is 0 Å². The number of fused-ring (bicyclic) bond motifs is 1. The third-order valence-electron chi connectivity index (χ3n) is 6.87. The highest BCUT2D eigenvalue weighted by Crippen LogP contribution is 2.37. The van der Waals surface area contributed by atoms with Crippen molar-refractivity contribution in [2.24, 2.45) is 0 Å². The van der Waals surface area contributed by atoms with Crippen molar-refractivity contribution in [2.75, 3.05) is 27.2 Å². The Morgan fingerprint density at radius 2 is 1.08 bits per heavy atom. The van der Waals surface area contributed by atoms with Crippen LogP contribution in [0.3, 0.4) is 0 Å². The van der Waals surface area contributed by atoms with Gasteiger partial charge in [0.1, 0.15) is 0 Å². The molecule has 0 saturated carbocycles. The zero-order chi connectivity index (χ0) is 27.4. The SMILES string of the molecule is CCCCN(C)C(=O)c1cccc(C2=C3C(=O)NC(c4cccc(C(=O)N(C)CCCC)c4)=C3C(=O)N2)c1. The first-order valence-electron chi connectivity index (χ1n) is 13.1. The van der Waals surface area contributed by atoms with Crippen LogP contribution in [0.25, 0.3) is 11.4 Å². The topological polar surface area (TPSA) is 98.8 Å². The molecule has 0 radical (unpaired) electrons. The number of hydrogen-bond acceptors (Lipinski definition) is 4. The molecule has 2 N–H and O–H groups in total. The summed E-state index contributed by atoms with van der Waals surface area (Å²) in [7, 11) is 3.53. The molecule has 198 valence electrons. The van der Waals surface area contributed by atoms with Crippen LogP contribution in [-0.4, -0.2) is 60.6 Å². The summed E-state index contributed by atoms with van der Waals surface area (Å²) in [6.45, 7) is 5.45. The fraction of sp³-hybridized carbons (Fsp3) is 0.333. The average Bonchev–Trinajstić information content (AvgIpc) is 3.47. The minimum absolute atomic E-state index is 0.118. The maximum atomic E-state index is 13.1. The number of unbranched alkanes of at least 4 members (excludes halogenated alkanes) is 2. The van der Waals surface area contributed by atoms with Gasteiger partial charge in [0.05, 0.1) is 22.5 Å². The normalized spacial score (nSPS) is 14.4. The van der Waals surface area contributed by atoms with E-state index in [1.165, 1.54) is 0 Å². The van der Waals surface area contributed by atoms with Crippen molar-refractivity contribution in [3.05, 3.63) is 81.9 Å². The lowest BCUT2D eigenvalue weighted by Crippen LogP contribution is -2.28. The lowest BCUT2D eigenvalue weighted by Gasteiger charge is -2.17. The Morgan fingerprint density at radius 3 is 1.45 bits per heavy atom. The van der Waals surface area contributed by atoms with Gasteiger partial charge in [-0.3, -0.25) is 19.2 Å². The van der Waals surface area contributed by atoms with E-state index in [0.717, 1.165) is 25.7 Å². The van der Waals surface area contributed by atoms with Crippen LogP contribution in [0.1, 0.15) is 71.4 Å². The van der Waals surface area contributed by atoms with Crippen molar-refractivity contribution in [3.63, 3.8) is 0 Å². The van der Waals surface area contributed by atoms with Gasteiger partial charge in [0.25, 0.3) is 23.6 Å². The van der Waals surface area contributed by atoms with Crippen molar-refractivity contribution in [1.29, 1.82) is 0 Å². The minimum atomic E-state index is -0.406. The summed E-state index contributed by atoms with van der Waals surface area (Å²) in [5.74, 6) is -1.05. The van der Waals surface area contributed by atoms with Crippen LogP contribution >= 0.6 is 0 Å². The fourth-order valence-electron chi connectivity index (χ4n) is 4.66. The van der Waals surface area contributed by atoms with Crippen LogP contribution in [0, 0.1) is 0 Å². The van der Waals surface area contributed by atoms with Crippen molar-refractivity contribution in [1.82, 2.24) is 20.4 Å². The molecule has 0 aromatic heterocycles. The van der Waals surface area contributed by atoms with Gasteiger partial charge in [-0.1, -0.05) is 51.0 Å². The maximum absolute atomic E-state index is 13.1. The van der Waals surface area contributed by atoms with E-state index in [1.54, 1.807) is 72.4 Å². The highest BCUT2D eigenvalue weighted by Gasteiger charge is 2.41. The van der Waals surface area contributed by atoms with Gasteiger partial charge in [-0.25, -0.2) is 0 Å². The monoisotopic (exact) mass is 514 g/mol. The number of benzene rings is 2. The lowest BCUT2D eigenvalue weighted by atomic mass is 10.00. The highest BCUT2D eigenvalue weighted by atomic mass is 16.2. The molecule has 2 aromatic carbocycles. The van der Waals surface area contributed by atoms with Gasteiger partial charge in [-0.05, 0) is 48.2 Å². The van der Waals surface area contributed by atoms with Crippen LogP contribution in [0.4, 0.5) is 0 Å². The molecule has 8 heteroatoms. The van der Waals surface area contributed by atoms with E-state index in [1.807, 2.05) is 0 Å². The van der Waals surface area contributed by atoms with Crippen molar-refractivity contribution < 1.29 is 19.2 Å². The number of nitrogens with zero attached hydrogens (tertiary/aromatic N) is 2. The summed E-state index contributed by atoms with van der Waals surface area (Å²) < 4.78 is 0. The van der Waals surface area contributed by atoms with E-state index in [2.05, 4.69) is 24.5 Å². The van der Waals surface area contributed by atoms with Crippen LogP contribution in [0.2, 0.25) is 0 Å². The third kappa shape index (κ3) is 5.25. The molecule has 2 aliphatic heterocycles. The second-order valence-corrected chi connectivity index (χ2v) is 9.73. The minimum Gasteiger partial charge on any atom is -0.342 e. The lowest BCUT2D eigenvalue weighted by molar-refractivity contribution is -0.117. The Labute approximate surface area is 223 Å². The summed E-state index contributed by atoms with van der Waals surface area (Å²) in [4.78, 5) is 55.4. The standard InChI is InChI=1S/C30H34N4O4/c1-5-7-15-33(3)29(37)21-13-9-11-19(17-21)25-23-24(28(36)31-25)26(32-27(23)35)20-12-10-14-22(18-20)30(38)34(4)16-8-6-2/h9-14,17-18H,5-8,15-16H2,1-4H3,(H,31,36)(H,32,35). The van der Waals surface area contributed by atoms with Gasteiger partial charge < -0.3 is 20.4 Å². The maximum Gasteiger partial charge on any atom is 0.258 e. The molecule has 0 aliphatic carbocycles. The molecule has 0 saturated heterocycles. The van der Waals surface area contributed by atoms with Gasteiger partial charge >= 0.3 is 0 Å². The summed E-state index contributed by atoms with van der Waals surface area (Å²) in [6, 6.07) is 13.9. The molecule has 2 aliphatic rings. The first-order chi connectivity index (χ1) is 18.3. The molecular weight excluding hydrogens is 480 g/mol. The number of rotatable bonds is 10. The largest absolute Gasteiger partial charge is 0.342 e. The van der Waals surface area contributed by atoms with E-state index in [0.29, 0.717) is 46.7 Å². The summed E-state index contributed by atoms with van der Waals surface area (Å²) in [5.41, 5.74) is 3.35. The zero-order valence-corrected chi connectivity index (χ0v) is 22.4. The van der Waals surface area contributed by atoms with E-state index in [4.69, 9.17) is 0 Å². The predicted octanol–water partition coefficient (Wildman–Crippen LogP) is 3.81. The van der Waals surface area contributed by atoms with Crippen LogP contribution in [-0.2, 0) is 9.59 Å². The Morgan fingerprint density at radius 1 is 0.684 bits per heavy atom. The van der Waals surface area contributed by atoms with Gasteiger partial charge in [0.2, 0.25) is 0 Å². The molecule has 8 nitrogen and oxygen atoms in total. The van der Waals surface area contributed by atoms with E-state index >= 15 is 0 Å². The molecule has 0 atom stereocenters. The molecule has 2 aromatic rings. The van der Waals surface area contributed by atoms with E-state index in [9.17, 15) is 19.2 Å². The molecule has 4 amide bonds. The second kappa shape index (κ2) is 11.5. The predicted molar refractivity (Wildman–Crippen MR) is 147 cm³/mol. The summed E-state index contributed by atoms with van der Waals surface area (Å²) in [5, 5.41) is 5.67. The Hall–Kier alpha value is -4.20. The first-order valence-corrected chi connectivity index (χ1v) is 13.1. The van der Waals surface area contributed by atoms with Gasteiger partial charge in [0.15, 0.2) is 0 Å². The Kier molecular flexibility index (Phi) is 8.10. The Bertz CT molecular complexity index is 1250. The molecule has 0 unspecified atom stereocenters. The molecule has 38 heavy (non-hydrogen) atoms. The molecule has 0 spiro atoms. The van der Waals surface area contributed by atoms with Crippen LogP contribution in [0.5, 0.6) is 0 Å². The summed E-state index contributed by atoms with van der Waals surface area (Å²) >= 11 is 0. The number of amides is 4. The molecule has 0 bridgehead atoms. The van der Waals surface area contributed by atoms with Gasteiger partial charge in [-0.15, -0.1) is 0 Å². The van der Waals surface area contributed by atoms with Crippen molar-refractivity contribution >= 4 is 35.0 Å². The average molecular weight is 515 g/mol. The van der Waals surface area contributed by atoms with E-state index < -0.39 is 11.8 Å². The van der Waals surface area contributed by atoms with Gasteiger partial charge in [-0.2, -0.15) is 0 Å². The third-order valence-corrected chi connectivity index (χ3v) is 6.87. The quantitative estimate of drug-likeness (QED) is 0.504. The van der Waals surface area contributed by atoms with E-state index in [-0.39, 0.29) is 23.0 Å². The van der Waals surface area contributed by atoms with Crippen LogP contribution < -0.4 is 10.6 Å². The molecular formula is C30H34N4O4.